The number of hydrogen-bond acceptors (Lipinski definition) is 0. The van der Waals surface area contributed by atoms with Crippen LogP contribution in [0.25, 0.3) is 43.4 Å². The van der Waals surface area contributed by atoms with Gasteiger partial charge in [0.15, 0.2) is 0 Å². The van der Waals surface area contributed by atoms with Crippen LogP contribution < -0.4 is 0 Å². The molecule has 1 aromatic heterocycles. The van der Waals surface area contributed by atoms with E-state index in [4.69, 9.17) is 0 Å². The van der Waals surface area contributed by atoms with Crippen molar-refractivity contribution < 1.29 is 0 Å². The van der Waals surface area contributed by atoms with E-state index in [0.717, 1.165) is 12.5 Å². The number of rotatable bonds is 6. The molecule has 1 heterocycles. The van der Waals surface area contributed by atoms with E-state index in [1.54, 1.807) is 0 Å². The molecule has 0 aliphatic rings. The molecule has 5 aromatic rings. The largest absolute Gasteiger partial charge is 0.340 e. The summed E-state index contributed by atoms with van der Waals surface area (Å²) in [5, 5.41) is 8.13. The molecule has 4 aromatic carbocycles. The molecule has 5 rings (SSSR count). The number of nitrogens with zero attached hydrogens (tertiary/aromatic N) is 1. The smallest absolute Gasteiger partial charge is 0.0497 e. The first-order chi connectivity index (χ1) is 14.3. The molecule has 0 spiro atoms. The summed E-state index contributed by atoms with van der Waals surface area (Å²) in [4.78, 5) is 0. The van der Waals surface area contributed by atoms with Gasteiger partial charge in [-0.05, 0) is 58.1 Å². The quantitative estimate of drug-likeness (QED) is 0.261. The molecule has 0 saturated carbocycles. The minimum absolute atomic E-state index is 0.737. The van der Waals surface area contributed by atoms with Crippen molar-refractivity contribution in [2.24, 2.45) is 5.92 Å². The van der Waals surface area contributed by atoms with Gasteiger partial charge in [-0.3, -0.25) is 0 Å². The summed E-state index contributed by atoms with van der Waals surface area (Å²) in [6, 6.07) is 27.0. The topological polar surface area (TPSA) is 4.93 Å². The summed E-state index contributed by atoms with van der Waals surface area (Å²) >= 11 is 0. The fourth-order valence-electron chi connectivity index (χ4n) is 4.93. The van der Waals surface area contributed by atoms with Crippen LogP contribution in [0.3, 0.4) is 0 Å². The van der Waals surface area contributed by atoms with Crippen LogP contribution in [0.5, 0.6) is 0 Å². The van der Waals surface area contributed by atoms with Gasteiger partial charge in [-0.15, -0.1) is 0 Å². The molecule has 1 atom stereocenters. The molecule has 1 nitrogen and oxygen atoms in total. The number of aromatic nitrogens is 1. The third-order valence-corrected chi connectivity index (χ3v) is 6.60. The average molecular weight is 380 g/mol. The molecule has 1 heteroatoms. The molecule has 0 amide bonds. The van der Waals surface area contributed by atoms with Crippen molar-refractivity contribution in [3.63, 3.8) is 0 Å². The lowest BCUT2D eigenvalue weighted by atomic mass is 9.99. The zero-order valence-electron chi connectivity index (χ0n) is 17.5. The Balaban J connectivity index is 1.78. The van der Waals surface area contributed by atoms with E-state index < -0.39 is 0 Å². The third kappa shape index (κ3) is 3.09. The highest BCUT2D eigenvalue weighted by Crippen LogP contribution is 2.37. The van der Waals surface area contributed by atoms with Crippen LogP contribution >= 0.6 is 0 Å². The second kappa shape index (κ2) is 7.55. The number of fused-ring (bicyclic) bond motifs is 6. The van der Waals surface area contributed by atoms with Gasteiger partial charge in [0.2, 0.25) is 0 Å². The van der Waals surface area contributed by atoms with Crippen LogP contribution in [0, 0.1) is 5.92 Å². The highest BCUT2D eigenvalue weighted by atomic mass is 15.0. The summed E-state index contributed by atoms with van der Waals surface area (Å²) in [6.07, 6.45) is 5.16. The van der Waals surface area contributed by atoms with Crippen molar-refractivity contribution in [1.29, 1.82) is 0 Å². The maximum atomic E-state index is 2.59. The number of para-hydroxylation sites is 1. The van der Waals surface area contributed by atoms with E-state index in [0.29, 0.717) is 0 Å². The van der Waals surface area contributed by atoms with E-state index in [2.05, 4.69) is 91.2 Å². The Bertz CT molecular complexity index is 1310. The monoisotopic (exact) mass is 379 g/mol. The molecular weight excluding hydrogens is 350 g/mol. The summed E-state index contributed by atoms with van der Waals surface area (Å²) in [7, 11) is 0. The zero-order valence-corrected chi connectivity index (χ0v) is 17.5. The molecule has 0 N–H and O–H groups in total. The third-order valence-electron chi connectivity index (χ3n) is 6.60. The van der Waals surface area contributed by atoms with Crippen molar-refractivity contribution in [1.82, 2.24) is 4.57 Å². The summed E-state index contributed by atoms with van der Waals surface area (Å²) in [5.74, 6) is 0.737. The zero-order chi connectivity index (χ0) is 19.8. The van der Waals surface area contributed by atoms with E-state index in [1.807, 2.05) is 0 Å². The highest BCUT2D eigenvalue weighted by molar-refractivity contribution is 6.22. The van der Waals surface area contributed by atoms with Crippen LogP contribution in [0.15, 0.2) is 72.8 Å². The van der Waals surface area contributed by atoms with Crippen LogP contribution in [0.4, 0.5) is 0 Å². The Kier molecular flexibility index (Phi) is 4.75. The minimum atomic E-state index is 0.737. The lowest BCUT2D eigenvalue weighted by Crippen LogP contribution is -2.10. The Hall–Kier alpha value is -2.80. The maximum absolute atomic E-state index is 2.59. The molecule has 0 fully saturated rings. The highest BCUT2D eigenvalue weighted by Gasteiger charge is 2.16. The molecular formula is C28H29N. The molecule has 0 saturated heterocycles. The molecule has 29 heavy (non-hydrogen) atoms. The maximum Gasteiger partial charge on any atom is 0.0497 e. The van der Waals surface area contributed by atoms with E-state index in [9.17, 15) is 0 Å². The van der Waals surface area contributed by atoms with Gasteiger partial charge in [0.1, 0.15) is 0 Å². The lowest BCUT2D eigenvalue weighted by molar-refractivity contribution is 0.401. The van der Waals surface area contributed by atoms with Gasteiger partial charge in [-0.1, -0.05) is 81.6 Å². The van der Waals surface area contributed by atoms with Crippen LogP contribution in [-0.2, 0) is 6.54 Å². The van der Waals surface area contributed by atoms with Crippen LogP contribution in [0.2, 0.25) is 0 Å². The van der Waals surface area contributed by atoms with Gasteiger partial charge in [-0.25, -0.2) is 0 Å². The van der Waals surface area contributed by atoms with Crippen molar-refractivity contribution in [2.45, 2.75) is 46.1 Å². The molecule has 0 aliphatic carbocycles. The first kappa shape index (κ1) is 18.2. The van der Waals surface area contributed by atoms with Crippen molar-refractivity contribution in [3.05, 3.63) is 72.8 Å². The molecule has 146 valence electrons. The normalized spacial score (nSPS) is 13.0. The number of hydrogen-bond donors (Lipinski definition) is 0. The molecule has 1 unspecified atom stereocenters. The fourth-order valence-corrected chi connectivity index (χ4v) is 4.93. The summed E-state index contributed by atoms with van der Waals surface area (Å²) < 4.78 is 2.59. The van der Waals surface area contributed by atoms with E-state index in [1.165, 1.54) is 69.0 Å². The van der Waals surface area contributed by atoms with Crippen molar-refractivity contribution in [3.8, 4) is 0 Å². The second-order valence-corrected chi connectivity index (χ2v) is 8.42. The van der Waals surface area contributed by atoms with Gasteiger partial charge < -0.3 is 4.57 Å². The Morgan fingerprint density at radius 3 is 2.28 bits per heavy atom. The van der Waals surface area contributed by atoms with E-state index in [-0.39, 0.29) is 0 Å². The molecule has 0 radical (unpaired) electrons. The van der Waals surface area contributed by atoms with Gasteiger partial charge >= 0.3 is 0 Å². The number of benzene rings is 4. The van der Waals surface area contributed by atoms with Crippen LogP contribution in [0.1, 0.15) is 39.5 Å². The van der Waals surface area contributed by atoms with Gasteiger partial charge in [0.05, 0.1) is 0 Å². The summed E-state index contributed by atoms with van der Waals surface area (Å²) in [5.41, 5.74) is 2.75. The van der Waals surface area contributed by atoms with Gasteiger partial charge in [0, 0.05) is 28.4 Å². The Morgan fingerprint density at radius 2 is 1.48 bits per heavy atom. The first-order valence-corrected chi connectivity index (χ1v) is 11.1. The second-order valence-electron chi connectivity index (χ2n) is 8.42. The van der Waals surface area contributed by atoms with Gasteiger partial charge in [-0.2, -0.15) is 0 Å². The molecule has 0 bridgehead atoms. The SMILES string of the molecule is CCCCC(CC)Cn1c2ccccc2c2c3cc4ccccc4cc3ccc21. The van der Waals surface area contributed by atoms with Crippen molar-refractivity contribution in [2.75, 3.05) is 0 Å². The predicted octanol–water partition coefficient (Wildman–Crippen LogP) is 8.32. The first-order valence-electron chi connectivity index (χ1n) is 11.1. The fraction of sp³-hybridized carbons (Fsp3) is 0.286. The number of unbranched alkanes of at least 4 members (excludes halogenated alkanes) is 1. The summed E-state index contributed by atoms with van der Waals surface area (Å²) in [6.45, 7) is 5.75. The van der Waals surface area contributed by atoms with Crippen molar-refractivity contribution >= 4 is 43.4 Å². The Morgan fingerprint density at radius 1 is 0.724 bits per heavy atom. The standard InChI is InChI=1S/C28H29N/c1-3-5-10-20(4-2)19-29-26-14-9-8-13-24(26)28-25-18-22-12-7-6-11-21(22)17-23(25)15-16-27(28)29/h6-9,11-18,20H,3-5,10,19H2,1-2H3. The lowest BCUT2D eigenvalue weighted by Gasteiger charge is -2.17. The van der Waals surface area contributed by atoms with Crippen LogP contribution in [-0.4, -0.2) is 4.57 Å². The van der Waals surface area contributed by atoms with E-state index >= 15 is 0 Å². The van der Waals surface area contributed by atoms with Gasteiger partial charge in [0.25, 0.3) is 0 Å². The predicted molar refractivity (Wildman–Crippen MR) is 128 cm³/mol. The Labute approximate surface area is 172 Å². The molecule has 0 aliphatic heterocycles. The minimum Gasteiger partial charge on any atom is -0.340 e. The average Bonchev–Trinajstić information content (AvgIpc) is 3.09.